The van der Waals surface area contributed by atoms with Crippen LogP contribution in [0.1, 0.15) is 45.7 Å². The second-order valence-corrected chi connectivity index (χ2v) is 3.25. The van der Waals surface area contributed by atoms with Crippen LogP contribution in [0.5, 0.6) is 0 Å². The number of benzene rings is 1. The number of hydrogen-bond donors (Lipinski definition) is 0. The average molecular weight is 417 g/mol. The minimum absolute atomic E-state index is 0. The molecule has 2 heteroatoms. The minimum atomic E-state index is 0. The Bertz CT molecular complexity index is 438. The average Bonchev–Trinajstić information content (AvgIpc) is 2.42. The van der Waals surface area contributed by atoms with Crippen molar-refractivity contribution >= 4 is 10.9 Å². The first kappa shape index (κ1) is 19.5. The summed E-state index contributed by atoms with van der Waals surface area (Å²) >= 11 is 0. The minimum Gasteiger partial charge on any atom is -0.258 e. The molecule has 1 aromatic heterocycles. The SMILES string of the molecule is CC.CC.C[CH-]c1ccc2ncc(C)cc2c1.[Re]. The summed E-state index contributed by atoms with van der Waals surface area (Å²) in [4.78, 5) is 4.34. The number of rotatable bonds is 1. The largest absolute Gasteiger partial charge is 0.258 e. The summed E-state index contributed by atoms with van der Waals surface area (Å²) in [6, 6.07) is 8.47. The van der Waals surface area contributed by atoms with Crippen molar-refractivity contribution in [3.8, 4) is 0 Å². The van der Waals surface area contributed by atoms with Gasteiger partial charge in [-0.1, -0.05) is 52.1 Å². The van der Waals surface area contributed by atoms with Crippen LogP contribution in [-0.2, 0) is 20.4 Å². The van der Waals surface area contributed by atoms with Gasteiger partial charge >= 0.3 is 0 Å². The predicted molar refractivity (Wildman–Crippen MR) is 78.3 cm³/mol. The molecule has 1 heterocycles. The number of aryl methyl sites for hydroxylation is 1. The Balaban J connectivity index is 0. The maximum Gasteiger partial charge on any atom is 0.0460 e. The normalized spacial score (nSPS) is 8.11. The monoisotopic (exact) mass is 417 g/mol. The molecule has 18 heavy (non-hydrogen) atoms. The number of fused-ring (bicyclic) bond motifs is 1. The molecular weight excluding hydrogens is 392 g/mol. The Hall–Kier alpha value is -0.838. The fourth-order valence-electron chi connectivity index (χ4n) is 1.44. The summed E-state index contributed by atoms with van der Waals surface area (Å²) in [7, 11) is 0. The molecule has 0 aliphatic heterocycles. The van der Waals surface area contributed by atoms with Gasteiger partial charge in [0.15, 0.2) is 0 Å². The van der Waals surface area contributed by atoms with Crippen molar-refractivity contribution in [2.45, 2.75) is 41.5 Å². The maximum atomic E-state index is 4.34. The first-order valence-corrected chi connectivity index (χ1v) is 6.45. The zero-order chi connectivity index (χ0) is 13.3. The number of pyridine rings is 1. The smallest absolute Gasteiger partial charge is 0.0460 e. The van der Waals surface area contributed by atoms with Gasteiger partial charge in [-0.2, -0.15) is 24.1 Å². The van der Waals surface area contributed by atoms with Crippen molar-refractivity contribution in [3.05, 3.63) is 48.0 Å². The fraction of sp³-hybridized carbons (Fsp3) is 0.375. The van der Waals surface area contributed by atoms with E-state index in [0.29, 0.717) is 0 Å². The van der Waals surface area contributed by atoms with Crippen LogP contribution >= 0.6 is 0 Å². The van der Waals surface area contributed by atoms with Crippen molar-refractivity contribution in [2.75, 3.05) is 0 Å². The van der Waals surface area contributed by atoms with E-state index in [1.54, 1.807) is 0 Å². The van der Waals surface area contributed by atoms with E-state index in [2.05, 4.69) is 42.6 Å². The van der Waals surface area contributed by atoms with Crippen molar-refractivity contribution in [1.82, 2.24) is 4.98 Å². The van der Waals surface area contributed by atoms with Crippen LogP contribution in [0.3, 0.4) is 0 Å². The number of aromatic nitrogens is 1. The van der Waals surface area contributed by atoms with E-state index in [0.717, 1.165) is 5.52 Å². The molecular formula is C16H24NRe-. The Morgan fingerprint density at radius 3 is 2.17 bits per heavy atom. The number of nitrogens with zero attached hydrogens (tertiary/aromatic N) is 1. The topological polar surface area (TPSA) is 12.9 Å². The van der Waals surface area contributed by atoms with E-state index < -0.39 is 0 Å². The summed E-state index contributed by atoms with van der Waals surface area (Å²) < 4.78 is 0. The molecule has 0 N–H and O–H groups in total. The van der Waals surface area contributed by atoms with Gasteiger partial charge in [0, 0.05) is 32.1 Å². The standard InChI is InChI=1S/C12H12N.2C2H6.Re/c1-3-10-4-5-12-11(7-10)6-9(2)8-13-12;2*1-2;/h3-8H,1-2H3;2*1-2H3;/q-1;;;. The van der Waals surface area contributed by atoms with Crippen LogP contribution in [0.25, 0.3) is 10.9 Å². The molecule has 2 rings (SSSR count). The summed E-state index contributed by atoms with van der Waals surface area (Å²) in [5.74, 6) is 0. The van der Waals surface area contributed by atoms with E-state index in [4.69, 9.17) is 0 Å². The third-order valence-corrected chi connectivity index (χ3v) is 2.18. The van der Waals surface area contributed by atoms with Crippen LogP contribution in [0.15, 0.2) is 30.5 Å². The fourth-order valence-corrected chi connectivity index (χ4v) is 1.44. The van der Waals surface area contributed by atoms with Gasteiger partial charge in [0.2, 0.25) is 0 Å². The van der Waals surface area contributed by atoms with Gasteiger partial charge in [-0.05, 0) is 12.5 Å². The van der Waals surface area contributed by atoms with E-state index in [1.807, 2.05) is 40.8 Å². The molecule has 0 amide bonds. The van der Waals surface area contributed by atoms with E-state index in [-0.39, 0.29) is 20.4 Å². The van der Waals surface area contributed by atoms with Crippen molar-refractivity contribution < 1.29 is 20.4 Å². The Morgan fingerprint density at radius 1 is 1.00 bits per heavy atom. The van der Waals surface area contributed by atoms with Gasteiger partial charge in [-0.15, -0.1) is 0 Å². The first-order valence-electron chi connectivity index (χ1n) is 6.45. The molecule has 0 saturated carbocycles. The molecule has 0 saturated heterocycles. The summed E-state index contributed by atoms with van der Waals surface area (Å²) in [5.41, 5.74) is 3.52. The van der Waals surface area contributed by atoms with Crippen molar-refractivity contribution in [2.24, 2.45) is 0 Å². The molecule has 1 nitrogen and oxygen atoms in total. The molecule has 0 aliphatic rings. The molecule has 0 bridgehead atoms. The molecule has 1 radical (unpaired) electrons. The molecule has 0 spiro atoms. The van der Waals surface area contributed by atoms with Gasteiger partial charge in [0.25, 0.3) is 0 Å². The Morgan fingerprint density at radius 2 is 1.61 bits per heavy atom. The molecule has 0 unspecified atom stereocenters. The molecule has 0 atom stereocenters. The van der Waals surface area contributed by atoms with Crippen LogP contribution < -0.4 is 0 Å². The van der Waals surface area contributed by atoms with Crippen LogP contribution in [-0.4, -0.2) is 4.98 Å². The van der Waals surface area contributed by atoms with E-state index in [1.165, 1.54) is 16.5 Å². The van der Waals surface area contributed by atoms with Crippen LogP contribution in [0.2, 0.25) is 0 Å². The van der Waals surface area contributed by atoms with Crippen molar-refractivity contribution in [1.29, 1.82) is 0 Å². The van der Waals surface area contributed by atoms with Gasteiger partial charge in [0.05, 0.1) is 0 Å². The van der Waals surface area contributed by atoms with Gasteiger partial charge in [0.1, 0.15) is 0 Å². The van der Waals surface area contributed by atoms with Gasteiger partial charge in [-0.25, -0.2) is 0 Å². The number of hydrogen-bond acceptors (Lipinski definition) is 1. The third-order valence-electron chi connectivity index (χ3n) is 2.18. The maximum absolute atomic E-state index is 4.34. The van der Waals surface area contributed by atoms with Gasteiger partial charge in [-0.3, -0.25) is 4.98 Å². The first-order chi connectivity index (χ1) is 8.29. The van der Waals surface area contributed by atoms with Crippen LogP contribution in [0, 0.1) is 13.3 Å². The van der Waals surface area contributed by atoms with Gasteiger partial charge < -0.3 is 0 Å². The summed E-state index contributed by atoms with van der Waals surface area (Å²) in [6.45, 7) is 12.1. The Labute approximate surface area is 126 Å². The quantitative estimate of drug-likeness (QED) is 0.585. The summed E-state index contributed by atoms with van der Waals surface area (Å²) in [5, 5.41) is 1.22. The second-order valence-electron chi connectivity index (χ2n) is 3.25. The predicted octanol–water partition coefficient (Wildman–Crippen LogP) is 5.17. The molecule has 101 valence electrons. The third kappa shape index (κ3) is 5.67. The Kier molecular flexibility index (Phi) is 12.2. The van der Waals surface area contributed by atoms with Crippen molar-refractivity contribution in [3.63, 3.8) is 0 Å². The zero-order valence-corrected chi connectivity index (χ0v) is 15.0. The molecule has 0 aliphatic carbocycles. The zero-order valence-electron chi connectivity index (χ0n) is 12.3. The summed E-state index contributed by atoms with van der Waals surface area (Å²) in [6.07, 6.45) is 4.00. The van der Waals surface area contributed by atoms with Crippen LogP contribution in [0.4, 0.5) is 0 Å². The molecule has 1 aromatic carbocycles. The second kappa shape index (κ2) is 11.3. The van der Waals surface area contributed by atoms with E-state index in [9.17, 15) is 0 Å². The molecule has 0 fully saturated rings. The molecule has 2 aromatic rings. The van der Waals surface area contributed by atoms with E-state index >= 15 is 0 Å².